The Labute approximate surface area is 102 Å². The zero-order valence-electron chi connectivity index (χ0n) is 10.6. The molecular weight excluding hydrogens is 214 g/mol. The Kier molecular flexibility index (Phi) is 2.53. The standard InChI is InChI=1S/C14H21NO2/c1-3-10(16)7(2)15-14(17)13-11-8-4-5-9(6-8)12(11)13/h7-9,11-13H,3-6H2,1-2H3,(H,15,17). The van der Waals surface area contributed by atoms with Gasteiger partial charge in [-0.1, -0.05) is 6.92 Å². The van der Waals surface area contributed by atoms with Gasteiger partial charge in [-0.15, -0.1) is 0 Å². The molecule has 3 heteroatoms. The summed E-state index contributed by atoms with van der Waals surface area (Å²) in [7, 11) is 0. The van der Waals surface area contributed by atoms with Crippen LogP contribution in [0.2, 0.25) is 0 Å². The van der Waals surface area contributed by atoms with Crippen molar-refractivity contribution in [2.75, 3.05) is 0 Å². The van der Waals surface area contributed by atoms with Gasteiger partial charge in [0, 0.05) is 12.3 Å². The van der Waals surface area contributed by atoms with Crippen LogP contribution in [-0.2, 0) is 9.59 Å². The van der Waals surface area contributed by atoms with Crippen LogP contribution >= 0.6 is 0 Å². The van der Waals surface area contributed by atoms with E-state index in [9.17, 15) is 9.59 Å². The van der Waals surface area contributed by atoms with E-state index < -0.39 is 0 Å². The summed E-state index contributed by atoms with van der Waals surface area (Å²) in [6, 6.07) is -0.300. The summed E-state index contributed by atoms with van der Waals surface area (Å²) in [4.78, 5) is 23.6. The molecule has 0 aromatic rings. The highest BCUT2D eigenvalue weighted by molar-refractivity contribution is 5.90. The van der Waals surface area contributed by atoms with E-state index >= 15 is 0 Å². The van der Waals surface area contributed by atoms with Gasteiger partial charge in [0.25, 0.3) is 0 Å². The monoisotopic (exact) mass is 235 g/mol. The van der Waals surface area contributed by atoms with Gasteiger partial charge in [-0.05, 0) is 49.9 Å². The van der Waals surface area contributed by atoms with Gasteiger partial charge in [-0.3, -0.25) is 9.59 Å². The lowest BCUT2D eigenvalue weighted by molar-refractivity contribution is -0.128. The maximum Gasteiger partial charge on any atom is 0.224 e. The number of nitrogens with one attached hydrogen (secondary N) is 1. The van der Waals surface area contributed by atoms with E-state index in [-0.39, 0.29) is 23.7 Å². The number of fused-ring (bicyclic) bond motifs is 5. The molecule has 1 N–H and O–H groups in total. The van der Waals surface area contributed by atoms with Crippen LogP contribution in [0.15, 0.2) is 0 Å². The van der Waals surface area contributed by atoms with E-state index in [0.717, 1.165) is 11.8 Å². The van der Waals surface area contributed by atoms with Gasteiger partial charge in [0.1, 0.15) is 0 Å². The van der Waals surface area contributed by atoms with Gasteiger partial charge >= 0.3 is 0 Å². The van der Waals surface area contributed by atoms with E-state index in [2.05, 4.69) is 5.32 Å². The zero-order chi connectivity index (χ0) is 12.2. The molecule has 3 rings (SSSR count). The Morgan fingerprint density at radius 1 is 1.24 bits per heavy atom. The number of carbonyl (C=O) groups excluding carboxylic acids is 2. The summed E-state index contributed by atoms with van der Waals surface area (Å²) in [5.41, 5.74) is 0. The van der Waals surface area contributed by atoms with Crippen LogP contribution in [0.25, 0.3) is 0 Å². The van der Waals surface area contributed by atoms with Crippen LogP contribution in [0.4, 0.5) is 0 Å². The first kappa shape index (κ1) is 11.2. The fourth-order valence-electron chi connectivity index (χ4n) is 4.37. The largest absolute Gasteiger partial charge is 0.346 e. The lowest BCUT2D eigenvalue weighted by Crippen LogP contribution is -2.40. The van der Waals surface area contributed by atoms with Crippen molar-refractivity contribution in [3.63, 3.8) is 0 Å². The number of hydrogen-bond donors (Lipinski definition) is 1. The molecule has 2 bridgehead atoms. The van der Waals surface area contributed by atoms with E-state index in [4.69, 9.17) is 0 Å². The zero-order valence-corrected chi connectivity index (χ0v) is 10.6. The Bertz CT molecular complexity index is 349. The normalized spacial score (nSPS) is 43.1. The Morgan fingerprint density at radius 3 is 2.35 bits per heavy atom. The average molecular weight is 235 g/mol. The third kappa shape index (κ3) is 1.62. The van der Waals surface area contributed by atoms with Gasteiger partial charge in [-0.2, -0.15) is 0 Å². The highest BCUT2D eigenvalue weighted by atomic mass is 16.2. The van der Waals surface area contributed by atoms with Gasteiger partial charge < -0.3 is 5.32 Å². The van der Waals surface area contributed by atoms with Crippen molar-refractivity contribution in [1.29, 1.82) is 0 Å². The lowest BCUT2D eigenvalue weighted by atomic mass is 10.0. The highest BCUT2D eigenvalue weighted by Crippen LogP contribution is 2.69. The third-order valence-electron chi connectivity index (χ3n) is 5.23. The second kappa shape index (κ2) is 3.82. The second-order valence-corrected chi connectivity index (χ2v) is 6.06. The first-order chi connectivity index (χ1) is 8.13. The van der Waals surface area contributed by atoms with Crippen LogP contribution in [0.5, 0.6) is 0 Å². The van der Waals surface area contributed by atoms with Gasteiger partial charge in [0.05, 0.1) is 6.04 Å². The number of rotatable bonds is 4. The molecule has 17 heavy (non-hydrogen) atoms. The molecule has 0 aromatic carbocycles. The van der Waals surface area contributed by atoms with Crippen molar-refractivity contribution < 1.29 is 9.59 Å². The highest BCUT2D eigenvalue weighted by Gasteiger charge is 2.67. The number of Topliss-reactive ketones (excluding diaryl/α,β-unsaturated/α-hetero) is 1. The molecular formula is C14H21NO2. The molecule has 94 valence electrons. The third-order valence-corrected chi connectivity index (χ3v) is 5.23. The number of amides is 1. The van der Waals surface area contributed by atoms with E-state index in [1.807, 2.05) is 6.92 Å². The van der Waals surface area contributed by atoms with Crippen LogP contribution in [-0.4, -0.2) is 17.7 Å². The van der Waals surface area contributed by atoms with Crippen molar-refractivity contribution in [3.8, 4) is 0 Å². The van der Waals surface area contributed by atoms with Crippen LogP contribution < -0.4 is 5.32 Å². The molecule has 3 fully saturated rings. The van der Waals surface area contributed by atoms with Crippen LogP contribution in [0, 0.1) is 29.6 Å². The summed E-state index contributed by atoms with van der Waals surface area (Å²) in [6.07, 6.45) is 4.53. The minimum absolute atomic E-state index is 0.132. The molecule has 0 heterocycles. The molecule has 5 atom stereocenters. The van der Waals surface area contributed by atoms with Crippen LogP contribution in [0.3, 0.4) is 0 Å². The minimum Gasteiger partial charge on any atom is -0.346 e. The van der Waals surface area contributed by atoms with Crippen molar-refractivity contribution in [2.45, 2.75) is 45.6 Å². The summed E-state index contributed by atoms with van der Waals surface area (Å²) in [5.74, 6) is 3.48. The van der Waals surface area contributed by atoms with E-state index in [0.29, 0.717) is 18.3 Å². The fraction of sp³-hybridized carbons (Fsp3) is 0.857. The fourth-order valence-corrected chi connectivity index (χ4v) is 4.37. The average Bonchev–Trinajstić information content (AvgIpc) is 2.78. The van der Waals surface area contributed by atoms with Gasteiger partial charge in [-0.25, -0.2) is 0 Å². The number of carbonyl (C=O) groups is 2. The van der Waals surface area contributed by atoms with Crippen molar-refractivity contribution >= 4 is 11.7 Å². The maximum absolute atomic E-state index is 12.1. The Morgan fingerprint density at radius 2 is 1.82 bits per heavy atom. The smallest absolute Gasteiger partial charge is 0.224 e. The first-order valence-corrected chi connectivity index (χ1v) is 6.96. The number of ketones is 1. The van der Waals surface area contributed by atoms with E-state index in [1.165, 1.54) is 19.3 Å². The molecule has 0 aromatic heterocycles. The van der Waals surface area contributed by atoms with Crippen molar-refractivity contribution in [1.82, 2.24) is 5.32 Å². The molecule has 0 saturated heterocycles. The summed E-state index contributed by atoms with van der Waals surface area (Å²) in [6.45, 7) is 3.65. The topological polar surface area (TPSA) is 46.2 Å². The Balaban J connectivity index is 1.57. The molecule has 0 aliphatic heterocycles. The summed E-state index contributed by atoms with van der Waals surface area (Å²) in [5, 5.41) is 2.90. The minimum atomic E-state index is -0.300. The quantitative estimate of drug-likeness (QED) is 0.807. The predicted molar refractivity (Wildman–Crippen MR) is 64.2 cm³/mol. The molecule has 0 radical (unpaired) electrons. The molecule has 5 unspecified atom stereocenters. The molecule has 1 amide bonds. The second-order valence-electron chi connectivity index (χ2n) is 6.06. The molecule has 3 nitrogen and oxygen atoms in total. The first-order valence-electron chi connectivity index (χ1n) is 6.96. The predicted octanol–water partition coefficient (Wildman–Crippen LogP) is 1.76. The molecule has 0 spiro atoms. The van der Waals surface area contributed by atoms with Crippen molar-refractivity contribution in [3.05, 3.63) is 0 Å². The van der Waals surface area contributed by atoms with Gasteiger partial charge in [0.2, 0.25) is 5.91 Å². The number of hydrogen-bond acceptors (Lipinski definition) is 2. The molecule has 3 aliphatic carbocycles. The SMILES string of the molecule is CCC(=O)C(C)NC(=O)C1C2C3CCC(C3)C12. The van der Waals surface area contributed by atoms with Gasteiger partial charge in [0.15, 0.2) is 5.78 Å². The van der Waals surface area contributed by atoms with Crippen LogP contribution in [0.1, 0.15) is 39.5 Å². The lowest BCUT2D eigenvalue weighted by Gasteiger charge is -2.14. The summed E-state index contributed by atoms with van der Waals surface area (Å²) < 4.78 is 0. The summed E-state index contributed by atoms with van der Waals surface area (Å²) >= 11 is 0. The van der Waals surface area contributed by atoms with Crippen molar-refractivity contribution in [2.24, 2.45) is 29.6 Å². The van der Waals surface area contributed by atoms with E-state index in [1.54, 1.807) is 6.92 Å². The molecule has 3 aliphatic rings. The molecule has 3 saturated carbocycles. The maximum atomic E-state index is 12.1. The Hall–Kier alpha value is -0.860.